The summed E-state index contributed by atoms with van der Waals surface area (Å²) in [5.74, 6) is 1.46. The highest BCUT2D eigenvalue weighted by molar-refractivity contribution is 9.10. The van der Waals surface area contributed by atoms with E-state index in [0.29, 0.717) is 34.1 Å². The number of hydrogen-bond donors (Lipinski definition) is 1. The van der Waals surface area contributed by atoms with Gasteiger partial charge in [-0.3, -0.25) is 10.1 Å². The highest BCUT2D eigenvalue weighted by Gasteiger charge is 2.17. The lowest BCUT2D eigenvalue weighted by atomic mass is 10.2. The van der Waals surface area contributed by atoms with Gasteiger partial charge in [-0.05, 0) is 22.9 Å². The first-order valence-corrected chi connectivity index (χ1v) is 6.11. The van der Waals surface area contributed by atoms with Gasteiger partial charge < -0.3 is 9.84 Å². The smallest absolute Gasteiger partial charge is 0.291 e. The first-order chi connectivity index (χ1) is 8.99. The topological polar surface area (TPSA) is 107 Å². The van der Waals surface area contributed by atoms with Crippen molar-refractivity contribution in [1.82, 2.24) is 15.1 Å². The largest absolute Gasteiger partial charge is 0.362 e. The van der Waals surface area contributed by atoms with Crippen LogP contribution in [0.5, 0.6) is 0 Å². The summed E-state index contributed by atoms with van der Waals surface area (Å²) in [6, 6.07) is 0. The molecule has 0 amide bonds. The summed E-state index contributed by atoms with van der Waals surface area (Å²) in [5.41, 5.74) is 0.472. The van der Waals surface area contributed by atoms with Gasteiger partial charge in [0.15, 0.2) is 5.82 Å². The minimum atomic E-state index is -0.473. The number of pyridine rings is 1. The van der Waals surface area contributed by atoms with Crippen molar-refractivity contribution >= 4 is 27.4 Å². The zero-order valence-corrected chi connectivity index (χ0v) is 11.8. The van der Waals surface area contributed by atoms with Crippen LogP contribution in [0.4, 0.5) is 11.5 Å². The molecule has 0 aliphatic rings. The molecule has 0 saturated carbocycles. The van der Waals surface area contributed by atoms with E-state index in [9.17, 15) is 10.1 Å². The van der Waals surface area contributed by atoms with Crippen LogP contribution in [0.1, 0.15) is 17.3 Å². The van der Waals surface area contributed by atoms with Gasteiger partial charge in [-0.2, -0.15) is 4.98 Å². The zero-order chi connectivity index (χ0) is 14.0. The molecule has 8 nitrogen and oxygen atoms in total. The van der Waals surface area contributed by atoms with Crippen LogP contribution in [0.3, 0.4) is 0 Å². The fraction of sp³-hybridized carbons (Fsp3) is 0.300. The molecule has 0 radical (unpaired) electrons. The predicted octanol–water partition coefficient (Wildman–Crippen LogP) is 2.36. The second-order valence-electron chi connectivity index (χ2n) is 3.77. The second-order valence-corrected chi connectivity index (χ2v) is 4.56. The van der Waals surface area contributed by atoms with E-state index in [0.717, 1.165) is 0 Å². The van der Waals surface area contributed by atoms with Crippen molar-refractivity contribution in [2.24, 2.45) is 0 Å². The van der Waals surface area contributed by atoms with Gasteiger partial charge in [0.1, 0.15) is 12.0 Å². The van der Waals surface area contributed by atoms with Gasteiger partial charge in [0.05, 0.1) is 15.9 Å². The molecule has 19 heavy (non-hydrogen) atoms. The Hall–Kier alpha value is -2.03. The number of nitro groups is 1. The molecule has 2 heterocycles. The highest BCUT2D eigenvalue weighted by Crippen LogP contribution is 2.30. The van der Waals surface area contributed by atoms with E-state index in [2.05, 4.69) is 36.4 Å². The predicted molar refractivity (Wildman–Crippen MR) is 69.7 cm³/mol. The molecular weight excluding hydrogens is 318 g/mol. The Morgan fingerprint density at radius 3 is 2.84 bits per heavy atom. The molecule has 0 aliphatic carbocycles. The Kier molecular flexibility index (Phi) is 3.74. The summed E-state index contributed by atoms with van der Waals surface area (Å²) in [5, 5.41) is 17.5. The summed E-state index contributed by atoms with van der Waals surface area (Å²) in [7, 11) is 0. The van der Waals surface area contributed by atoms with E-state index < -0.39 is 4.92 Å². The van der Waals surface area contributed by atoms with Gasteiger partial charge in [0.25, 0.3) is 5.69 Å². The number of aryl methyl sites for hydroxylation is 1. The highest BCUT2D eigenvalue weighted by atomic mass is 79.9. The molecule has 0 atom stereocenters. The first kappa shape index (κ1) is 13.4. The molecule has 1 N–H and O–H groups in total. The average molecular weight is 328 g/mol. The Labute approximate surface area is 116 Å². The van der Waals surface area contributed by atoms with E-state index >= 15 is 0 Å². The van der Waals surface area contributed by atoms with Crippen molar-refractivity contribution in [3.63, 3.8) is 0 Å². The fourth-order valence-electron chi connectivity index (χ4n) is 1.45. The van der Waals surface area contributed by atoms with Crippen LogP contribution in [-0.2, 0) is 6.54 Å². The van der Waals surface area contributed by atoms with Crippen LogP contribution in [-0.4, -0.2) is 20.0 Å². The second kappa shape index (κ2) is 5.31. The van der Waals surface area contributed by atoms with E-state index in [-0.39, 0.29) is 5.69 Å². The Bertz CT molecular complexity index is 628. The van der Waals surface area contributed by atoms with Gasteiger partial charge in [0.2, 0.25) is 5.89 Å². The Balaban J connectivity index is 2.17. The molecule has 0 spiro atoms. The Morgan fingerprint density at radius 2 is 2.26 bits per heavy atom. The molecule has 0 bridgehead atoms. The first-order valence-electron chi connectivity index (χ1n) is 5.31. The molecule has 9 heteroatoms. The maximum atomic E-state index is 10.8. The quantitative estimate of drug-likeness (QED) is 0.678. The monoisotopic (exact) mass is 327 g/mol. The lowest BCUT2D eigenvalue weighted by Gasteiger charge is -2.07. The third-order valence-corrected chi connectivity index (χ3v) is 3.39. The lowest BCUT2D eigenvalue weighted by Crippen LogP contribution is -2.05. The zero-order valence-electron chi connectivity index (χ0n) is 10.2. The van der Waals surface area contributed by atoms with E-state index in [1.165, 1.54) is 6.20 Å². The van der Waals surface area contributed by atoms with Crippen molar-refractivity contribution in [3.05, 3.63) is 38.1 Å². The van der Waals surface area contributed by atoms with E-state index in [4.69, 9.17) is 4.52 Å². The molecular formula is C10H10BrN5O3. The standard InChI is InChI=1S/C10H10BrN5O3/c1-5-7(16(17)18)3-12-10(9(5)11)13-4-8-14-6(2)19-15-8/h3H,4H2,1-2H3,(H,12,13). The number of halogens is 1. The molecule has 2 aromatic heterocycles. The third kappa shape index (κ3) is 2.87. The molecule has 0 saturated heterocycles. The number of rotatable bonds is 4. The number of nitrogens with zero attached hydrogens (tertiary/aromatic N) is 4. The van der Waals surface area contributed by atoms with Crippen LogP contribution in [0.2, 0.25) is 0 Å². The van der Waals surface area contributed by atoms with Crippen LogP contribution < -0.4 is 5.32 Å². The van der Waals surface area contributed by atoms with Crippen LogP contribution in [0, 0.1) is 24.0 Å². The molecule has 2 aromatic rings. The Morgan fingerprint density at radius 1 is 1.53 bits per heavy atom. The van der Waals surface area contributed by atoms with Crippen molar-refractivity contribution in [2.75, 3.05) is 5.32 Å². The molecule has 0 unspecified atom stereocenters. The van der Waals surface area contributed by atoms with E-state index in [1.54, 1.807) is 13.8 Å². The van der Waals surface area contributed by atoms with Gasteiger partial charge in [-0.25, -0.2) is 4.98 Å². The number of hydrogen-bond acceptors (Lipinski definition) is 7. The third-order valence-electron chi connectivity index (χ3n) is 2.42. The van der Waals surface area contributed by atoms with Crippen LogP contribution in [0.25, 0.3) is 0 Å². The van der Waals surface area contributed by atoms with E-state index in [1.807, 2.05) is 0 Å². The number of nitrogens with one attached hydrogen (secondary N) is 1. The minimum Gasteiger partial charge on any atom is -0.362 e. The fourth-order valence-corrected chi connectivity index (χ4v) is 1.90. The molecule has 2 rings (SSSR count). The van der Waals surface area contributed by atoms with Crippen molar-refractivity contribution in [2.45, 2.75) is 20.4 Å². The molecule has 100 valence electrons. The molecule has 0 fully saturated rings. The van der Waals surface area contributed by atoms with Gasteiger partial charge in [-0.1, -0.05) is 5.16 Å². The maximum Gasteiger partial charge on any atom is 0.291 e. The summed E-state index contributed by atoms with van der Waals surface area (Å²) in [6.45, 7) is 3.66. The van der Waals surface area contributed by atoms with Gasteiger partial charge >= 0.3 is 0 Å². The summed E-state index contributed by atoms with van der Waals surface area (Å²) in [4.78, 5) is 18.3. The van der Waals surface area contributed by atoms with Gasteiger partial charge in [-0.15, -0.1) is 0 Å². The van der Waals surface area contributed by atoms with Gasteiger partial charge in [0, 0.05) is 12.5 Å². The maximum absolute atomic E-state index is 10.8. The average Bonchev–Trinajstić information content (AvgIpc) is 2.76. The van der Waals surface area contributed by atoms with Crippen molar-refractivity contribution in [3.8, 4) is 0 Å². The van der Waals surface area contributed by atoms with Crippen LogP contribution >= 0.6 is 15.9 Å². The number of aromatic nitrogens is 3. The summed E-state index contributed by atoms with van der Waals surface area (Å²) < 4.78 is 5.38. The SMILES string of the molecule is Cc1nc(CNc2ncc([N+](=O)[O-])c(C)c2Br)no1. The lowest BCUT2D eigenvalue weighted by molar-refractivity contribution is -0.385. The normalized spacial score (nSPS) is 10.5. The minimum absolute atomic E-state index is 0.0344. The number of anilines is 1. The van der Waals surface area contributed by atoms with Crippen molar-refractivity contribution < 1.29 is 9.45 Å². The summed E-state index contributed by atoms with van der Waals surface area (Å²) >= 11 is 3.28. The van der Waals surface area contributed by atoms with Crippen molar-refractivity contribution in [1.29, 1.82) is 0 Å². The molecule has 0 aromatic carbocycles. The summed E-state index contributed by atoms with van der Waals surface area (Å²) in [6.07, 6.45) is 1.21. The van der Waals surface area contributed by atoms with Crippen LogP contribution in [0.15, 0.2) is 15.2 Å². The molecule has 0 aliphatic heterocycles.